The number of ketones is 1. The first-order chi connectivity index (χ1) is 14.8. The van der Waals surface area contributed by atoms with Crippen molar-refractivity contribution in [2.45, 2.75) is 25.3 Å². The van der Waals surface area contributed by atoms with Gasteiger partial charge in [0, 0.05) is 19.3 Å². The van der Waals surface area contributed by atoms with Gasteiger partial charge < -0.3 is 20.3 Å². The second-order valence-electron chi connectivity index (χ2n) is 7.02. The number of carbonyl (C=O) groups excluding carboxylic acids is 4. The van der Waals surface area contributed by atoms with E-state index in [4.69, 9.17) is 4.74 Å². The quantitative estimate of drug-likeness (QED) is 0.366. The number of carbonyl (C=O) groups is 4. The van der Waals surface area contributed by atoms with Gasteiger partial charge in [-0.2, -0.15) is 0 Å². The van der Waals surface area contributed by atoms with E-state index in [1.807, 2.05) is 24.3 Å². The number of rotatable bonds is 11. The fourth-order valence-corrected chi connectivity index (χ4v) is 3.51. The first-order valence-electron chi connectivity index (χ1n) is 9.90. The fraction of sp³-hybridized carbons (Fsp3) is 0.500. The molecule has 2 rings (SSSR count). The van der Waals surface area contributed by atoms with E-state index >= 15 is 0 Å². The third kappa shape index (κ3) is 7.76. The zero-order valence-electron chi connectivity index (χ0n) is 17.6. The van der Waals surface area contributed by atoms with E-state index in [1.165, 1.54) is 11.2 Å². The molecule has 2 unspecified atom stereocenters. The lowest BCUT2D eigenvalue weighted by atomic mass is 10.1. The van der Waals surface area contributed by atoms with Crippen LogP contribution in [0.25, 0.3) is 0 Å². The summed E-state index contributed by atoms with van der Waals surface area (Å²) in [4.78, 5) is 50.0. The Hall–Kier alpha value is -2.79. The number of hydrogen-bond acceptors (Lipinski definition) is 6. The maximum Gasteiger partial charge on any atom is 0.289 e. The molecule has 3 amide bonds. The Labute approximate surface area is 183 Å². The molecule has 3 N–H and O–H groups in total. The Kier molecular flexibility index (Phi) is 9.60. The summed E-state index contributed by atoms with van der Waals surface area (Å²) in [5.74, 6) is -1.62. The Morgan fingerprint density at radius 2 is 1.84 bits per heavy atom. The van der Waals surface area contributed by atoms with Gasteiger partial charge in [-0.1, -0.05) is 12.1 Å². The average Bonchev–Trinajstić information content (AvgIpc) is 3.26. The molecule has 1 aliphatic rings. The number of benzene rings is 1. The molecule has 1 aromatic carbocycles. The molecule has 1 heterocycles. The maximum atomic E-state index is 12.4. The molecule has 0 bridgehead atoms. The lowest BCUT2D eigenvalue weighted by Crippen LogP contribution is -2.50. The summed E-state index contributed by atoms with van der Waals surface area (Å²) >= 11 is 0. The van der Waals surface area contributed by atoms with Gasteiger partial charge in [0.05, 0.1) is 31.2 Å². The van der Waals surface area contributed by atoms with Crippen molar-refractivity contribution in [3.63, 3.8) is 0 Å². The minimum Gasteiger partial charge on any atom is -0.497 e. The van der Waals surface area contributed by atoms with Crippen molar-refractivity contribution in [3.8, 4) is 5.75 Å². The van der Waals surface area contributed by atoms with E-state index in [9.17, 15) is 23.4 Å². The number of nitrogens with zero attached hydrogens (tertiary/aromatic N) is 1. The van der Waals surface area contributed by atoms with E-state index < -0.39 is 41.2 Å². The highest BCUT2D eigenvalue weighted by Crippen LogP contribution is 2.17. The molecule has 11 heteroatoms. The number of Topliss-reactive ketones (excluding diaryl/α,β-unsaturated/α-hetero) is 1. The largest absolute Gasteiger partial charge is 0.497 e. The number of methoxy groups -OCH3 is 1. The lowest BCUT2D eigenvalue weighted by Gasteiger charge is -2.23. The Bertz CT molecular complexity index is 829. The highest BCUT2D eigenvalue weighted by Gasteiger charge is 2.34. The van der Waals surface area contributed by atoms with Gasteiger partial charge >= 0.3 is 0 Å². The third-order valence-electron chi connectivity index (χ3n) is 4.84. The van der Waals surface area contributed by atoms with Crippen LogP contribution < -0.4 is 20.1 Å². The van der Waals surface area contributed by atoms with Gasteiger partial charge in [-0.3, -0.25) is 19.2 Å². The van der Waals surface area contributed by atoms with E-state index in [-0.39, 0.29) is 19.0 Å². The standard InChI is InChI=1S/C20H28N4O6S/c1-30-15-7-5-14(6-8-15)9-10-21-20(28)17(25)12-22-19(27)16-4-3-11-24(16)18(26)13-23-31(2)29/h5-8,16,23H,3-4,9-13H2,1-2H3,(H,21,28)(H,22,27). The van der Waals surface area contributed by atoms with Crippen LogP contribution in [0, 0.1) is 0 Å². The summed E-state index contributed by atoms with van der Waals surface area (Å²) in [7, 11) is 0.245. The molecule has 10 nitrogen and oxygen atoms in total. The minimum atomic E-state index is -1.33. The van der Waals surface area contributed by atoms with Crippen LogP contribution in [0.15, 0.2) is 24.3 Å². The van der Waals surface area contributed by atoms with Crippen LogP contribution in [0.3, 0.4) is 0 Å². The van der Waals surface area contributed by atoms with Crippen molar-refractivity contribution in [2.75, 3.05) is 39.5 Å². The number of amides is 3. The summed E-state index contributed by atoms with van der Waals surface area (Å²) in [6.45, 7) is 0.113. The summed E-state index contributed by atoms with van der Waals surface area (Å²) < 4.78 is 18.7. The monoisotopic (exact) mass is 452 g/mol. The molecule has 1 saturated heterocycles. The average molecular weight is 453 g/mol. The van der Waals surface area contributed by atoms with Gasteiger partial charge in [-0.25, -0.2) is 8.93 Å². The van der Waals surface area contributed by atoms with Crippen molar-refractivity contribution in [1.82, 2.24) is 20.3 Å². The van der Waals surface area contributed by atoms with E-state index in [1.54, 1.807) is 7.11 Å². The molecule has 170 valence electrons. The molecule has 1 fully saturated rings. The van der Waals surface area contributed by atoms with E-state index in [2.05, 4.69) is 15.4 Å². The van der Waals surface area contributed by atoms with Crippen LogP contribution in [-0.4, -0.2) is 78.2 Å². The van der Waals surface area contributed by atoms with Crippen LogP contribution >= 0.6 is 0 Å². The number of likely N-dealkylation sites (tertiary alicyclic amines) is 1. The highest BCUT2D eigenvalue weighted by molar-refractivity contribution is 7.82. The summed E-state index contributed by atoms with van der Waals surface area (Å²) in [6, 6.07) is 6.66. The van der Waals surface area contributed by atoms with E-state index in [0.29, 0.717) is 25.8 Å². The molecule has 0 aromatic heterocycles. The zero-order valence-corrected chi connectivity index (χ0v) is 18.5. The summed E-state index contributed by atoms with van der Waals surface area (Å²) in [6.07, 6.45) is 3.08. The topological polar surface area (TPSA) is 134 Å². The van der Waals surface area contributed by atoms with Crippen molar-refractivity contribution in [1.29, 1.82) is 0 Å². The van der Waals surface area contributed by atoms with Crippen LogP contribution in [-0.2, 0) is 36.6 Å². The molecule has 31 heavy (non-hydrogen) atoms. The van der Waals surface area contributed by atoms with Gasteiger partial charge in [0.1, 0.15) is 11.8 Å². The highest BCUT2D eigenvalue weighted by atomic mass is 32.2. The third-order valence-corrected chi connectivity index (χ3v) is 5.39. The van der Waals surface area contributed by atoms with Gasteiger partial charge in [-0.15, -0.1) is 0 Å². The fourth-order valence-electron chi connectivity index (χ4n) is 3.18. The predicted molar refractivity (Wildman–Crippen MR) is 115 cm³/mol. The lowest BCUT2D eigenvalue weighted by molar-refractivity contribution is -0.140. The molecule has 0 saturated carbocycles. The van der Waals surface area contributed by atoms with Crippen LogP contribution in [0.4, 0.5) is 0 Å². The SMILES string of the molecule is COc1ccc(CCNC(=O)C(=O)CNC(=O)C2CCCN2C(=O)CNS(C)=O)cc1. The first kappa shape index (κ1) is 24.5. The molecule has 1 aromatic rings. The van der Waals surface area contributed by atoms with Crippen molar-refractivity contribution in [2.24, 2.45) is 0 Å². The van der Waals surface area contributed by atoms with Gasteiger partial charge in [-0.05, 0) is 37.0 Å². The molecule has 0 radical (unpaired) electrons. The maximum absolute atomic E-state index is 12.4. The first-order valence-corrected chi connectivity index (χ1v) is 11.5. The van der Waals surface area contributed by atoms with Crippen molar-refractivity contribution in [3.05, 3.63) is 29.8 Å². The molecule has 2 atom stereocenters. The minimum absolute atomic E-state index is 0.136. The van der Waals surface area contributed by atoms with Crippen LogP contribution in [0.5, 0.6) is 5.75 Å². The normalized spacial score (nSPS) is 16.5. The van der Waals surface area contributed by atoms with Crippen molar-refractivity contribution >= 4 is 34.5 Å². The molecule has 0 aliphatic carbocycles. The summed E-state index contributed by atoms with van der Waals surface area (Å²) in [5, 5.41) is 4.97. The molecular weight excluding hydrogens is 424 g/mol. The Morgan fingerprint density at radius 3 is 2.48 bits per heavy atom. The molecular formula is C20H28N4O6S. The zero-order chi connectivity index (χ0) is 22.8. The van der Waals surface area contributed by atoms with Crippen LogP contribution in [0.1, 0.15) is 18.4 Å². The van der Waals surface area contributed by atoms with Crippen LogP contribution in [0.2, 0.25) is 0 Å². The smallest absolute Gasteiger partial charge is 0.289 e. The second-order valence-corrected chi connectivity index (χ2v) is 8.21. The number of nitrogens with one attached hydrogen (secondary N) is 3. The van der Waals surface area contributed by atoms with E-state index in [0.717, 1.165) is 11.3 Å². The Morgan fingerprint density at radius 1 is 1.13 bits per heavy atom. The molecule has 0 spiro atoms. The Balaban J connectivity index is 1.73. The van der Waals surface area contributed by atoms with Gasteiger partial charge in [0.15, 0.2) is 0 Å². The second kappa shape index (κ2) is 12.2. The van der Waals surface area contributed by atoms with Crippen molar-refractivity contribution < 1.29 is 28.1 Å². The number of hydrogen-bond donors (Lipinski definition) is 3. The molecule has 1 aliphatic heterocycles. The summed E-state index contributed by atoms with van der Waals surface area (Å²) in [5.41, 5.74) is 0.981. The predicted octanol–water partition coefficient (Wildman–Crippen LogP) is -1.09. The van der Waals surface area contributed by atoms with Gasteiger partial charge in [0.25, 0.3) is 5.91 Å². The number of ether oxygens (including phenoxy) is 1. The van der Waals surface area contributed by atoms with Gasteiger partial charge in [0.2, 0.25) is 17.6 Å².